The molecule has 1 aromatic rings. The number of Topliss-reactive ketones (excluding diaryl/α,β-unsaturated/α-hetero) is 1. The summed E-state index contributed by atoms with van der Waals surface area (Å²) in [6, 6.07) is 3.48. The summed E-state index contributed by atoms with van der Waals surface area (Å²) >= 11 is 0. The fraction of sp³-hybridized carbons (Fsp3) is 0.429. The first-order chi connectivity index (χ1) is 8.55. The van der Waals surface area contributed by atoms with Crippen LogP contribution in [0.25, 0.3) is 0 Å². The van der Waals surface area contributed by atoms with Crippen LogP contribution in [0.4, 0.5) is 0 Å². The number of hydrogen-bond acceptors (Lipinski definition) is 4. The number of carbonyl (C=O) groups is 2. The van der Waals surface area contributed by atoms with Gasteiger partial charge in [-0.3, -0.25) is 4.79 Å². The Labute approximate surface area is 105 Å². The molecule has 1 aromatic carbocycles. The third-order valence-electron chi connectivity index (χ3n) is 3.79. The molecule has 1 aliphatic carbocycles. The Morgan fingerprint density at radius 3 is 2.94 bits per heavy atom. The van der Waals surface area contributed by atoms with Gasteiger partial charge in [0.1, 0.15) is 11.5 Å². The van der Waals surface area contributed by atoms with Crippen molar-refractivity contribution in [2.24, 2.45) is 0 Å². The van der Waals surface area contributed by atoms with Crippen LogP contribution in [0.1, 0.15) is 34.8 Å². The minimum atomic E-state index is -0.392. The summed E-state index contributed by atoms with van der Waals surface area (Å²) in [7, 11) is 1.35. The lowest BCUT2D eigenvalue weighted by Crippen LogP contribution is -2.34. The van der Waals surface area contributed by atoms with E-state index in [9.17, 15) is 9.59 Å². The molecule has 94 valence electrons. The van der Waals surface area contributed by atoms with Crippen LogP contribution in [0.5, 0.6) is 5.75 Å². The molecule has 0 fully saturated rings. The highest BCUT2D eigenvalue weighted by molar-refractivity contribution is 5.96. The van der Waals surface area contributed by atoms with Crippen LogP contribution < -0.4 is 4.74 Å². The van der Waals surface area contributed by atoms with Crippen LogP contribution in [0, 0.1) is 0 Å². The molecule has 0 amide bonds. The molecule has 1 aliphatic heterocycles. The molecule has 0 aromatic heterocycles. The normalized spacial score (nSPS) is 24.4. The minimum absolute atomic E-state index is 0.151. The van der Waals surface area contributed by atoms with Crippen molar-refractivity contribution >= 4 is 11.8 Å². The van der Waals surface area contributed by atoms with E-state index in [0.29, 0.717) is 25.0 Å². The number of benzene rings is 1. The molecule has 0 spiro atoms. The Morgan fingerprint density at radius 2 is 2.22 bits per heavy atom. The van der Waals surface area contributed by atoms with Crippen molar-refractivity contribution < 1.29 is 19.1 Å². The molecule has 0 saturated carbocycles. The van der Waals surface area contributed by atoms with E-state index in [0.717, 1.165) is 16.9 Å². The average Bonchev–Trinajstić information content (AvgIpc) is 2.67. The molecule has 18 heavy (non-hydrogen) atoms. The van der Waals surface area contributed by atoms with Crippen molar-refractivity contribution in [1.82, 2.24) is 0 Å². The maximum Gasteiger partial charge on any atom is 0.338 e. The molecule has 3 rings (SSSR count). The zero-order chi connectivity index (χ0) is 12.9. The number of esters is 1. The van der Waals surface area contributed by atoms with E-state index < -0.39 is 5.97 Å². The largest absolute Gasteiger partial charge is 0.492 e. The second-order valence-electron chi connectivity index (χ2n) is 5.20. The van der Waals surface area contributed by atoms with E-state index in [4.69, 9.17) is 9.47 Å². The Hall–Kier alpha value is -1.84. The van der Waals surface area contributed by atoms with Crippen LogP contribution in [-0.4, -0.2) is 25.5 Å². The minimum Gasteiger partial charge on any atom is -0.492 e. The molecule has 1 heterocycles. The van der Waals surface area contributed by atoms with Crippen LogP contribution in [0.15, 0.2) is 12.1 Å². The van der Waals surface area contributed by atoms with E-state index in [2.05, 4.69) is 0 Å². The molecule has 2 aliphatic rings. The highest BCUT2D eigenvalue weighted by atomic mass is 16.5. The molecule has 1 atom stereocenters. The van der Waals surface area contributed by atoms with Crippen molar-refractivity contribution in [3.8, 4) is 5.75 Å². The van der Waals surface area contributed by atoms with Gasteiger partial charge in [-0.2, -0.15) is 0 Å². The number of methoxy groups -OCH3 is 1. The molecule has 4 nitrogen and oxygen atoms in total. The lowest BCUT2D eigenvalue weighted by atomic mass is 9.71. The van der Waals surface area contributed by atoms with Crippen molar-refractivity contribution in [2.45, 2.75) is 25.2 Å². The second kappa shape index (κ2) is 3.57. The second-order valence-corrected chi connectivity index (χ2v) is 5.20. The predicted molar refractivity (Wildman–Crippen MR) is 64.0 cm³/mol. The van der Waals surface area contributed by atoms with Gasteiger partial charge in [-0.15, -0.1) is 0 Å². The van der Waals surface area contributed by atoms with E-state index >= 15 is 0 Å². The highest BCUT2D eigenvalue weighted by Crippen LogP contribution is 2.47. The van der Waals surface area contributed by atoms with Gasteiger partial charge < -0.3 is 9.47 Å². The molecule has 0 N–H and O–H groups in total. The molecule has 4 heteroatoms. The quantitative estimate of drug-likeness (QED) is 0.707. The van der Waals surface area contributed by atoms with E-state index in [-0.39, 0.29) is 11.2 Å². The number of carbonyl (C=O) groups excluding carboxylic acids is 2. The van der Waals surface area contributed by atoms with Crippen molar-refractivity contribution in [1.29, 1.82) is 0 Å². The molecular formula is C14H14O4. The maximum atomic E-state index is 11.9. The molecule has 0 saturated heterocycles. The third kappa shape index (κ3) is 1.38. The number of hydrogen-bond donors (Lipinski definition) is 0. The number of rotatable bonds is 1. The van der Waals surface area contributed by atoms with E-state index in [1.54, 1.807) is 12.1 Å². The van der Waals surface area contributed by atoms with Gasteiger partial charge in [0.05, 0.1) is 19.3 Å². The smallest absolute Gasteiger partial charge is 0.338 e. The van der Waals surface area contributed by atoms with Crippen LogP contribution >= 0.6 is 0 Å². The SMILES string of the molecule is COC(=O)c1ccc2c3c1CC(=O)C[C@@]3(C)CO2. The zero-order valence-electron chi connectivity index (χ0n) is 10.4. The van der Waals surface area contributed by atoms with Crippen LogP contribution in [-0.2, 0) is 21.4 Å². The molecular weight excluding hydrogens is 232 g/mol. The third-order valence-corrected chi connectivity index (χ3v) is 3.79. The summed E-state index contributed by atoms with van der Waals surface area (Å²) < 4.78 is 10.4. The Kier molecular flexibility index (Phi) is 2.24. The van der Waals surface area contributed by atoms with Gasteiger partial charge >= 0.3 is 5.97 Å². The van der Waals surface area contributed by atoms with Gasteiger partial charge in [-0.05, 0) is 17.7 Å². The van der Waals surface area contributed by atoms with Gasteiger partial charge in [-0.25, -0.2) is 4.79 Å². The van der Waals surface area contributed by atoms with E-state index in [1.165, 1.54) is 7.11 Å². The van der Waals surface area contributed by atoms with Crippen molar-refractivity contribution in [2.75, 3.05) is 13.7 Å². The Balaban J connectivity index is 2.25. The zero-order valence-corrected chi connectivity index (χ0v) is 10.4. The maximum absolute atomic E-state index is 11.9. The lowest BCUT2D eigenvalue weighted by molar-refractivity contribution is -0.120. The summed E-state index contributed by atoms with van der Waals surface area (Å²) in [6.45, 7) is 2.52. The van der Waals surface area contributed by atoms with Crippen molar-refractivity contribution in [3.05, 3.63) is 28.8 Å². The number of ether oxygens (including phenoxy) is 2. The fourth-order valence-corrected chi connectivity index (χ4v) is 3.04. The summed E-state index contributed by atoms with van der Waals surface area (Å²) in [5, 5.41) is 0. The molecule has 0 bridgehead atoms. The van der Waals surface area contributed by atoms with Crippen molar-refractivity contribution in [3.63, 3.8) is 0 Å². The van der Waals surface area contributed by atoms with Gasteiger partial charge in [-0.1, -0.05) is 6.92 Å². The first-order valence-corrected chi connectivity index (χ1v) is 5.94. The predicted octanol–water partition coefficient (Wildman–Crippen LogP) is 1.64. The summed E-state index contributed by atoms with van der Waals surface area (Å²) in [5.41, 5.74) is 2.01. The standard InChI is InChI=1S/C14H14O4/c1-14-6-8(15)5-10-9(13(16)17-2)3-4-11(12(10)14)18-7-14/h3-4H,5-7H2,1-2H3/t14-/m0/s1. The van der Waals surface area contributed by atoms with Crippen LogP contribution in [0.3, 0.4) is 0 Å². The highest BCUT2D eigenvalue weighted by Gasteiger charge is 2.44. The topological polar surface area (TPSA) is 52.6 Å². The van der Waals surface area contributed by atoms with E-state index in [1.807, 2.05) is 6.92 Å². The average molecular weight is 246 g/mol. The first-order valence-electron chi connectivity index (χ1n) is 5.94. The van der Waals surface area contributed by atoms with Gasteiger partial charge in [0.25, 0.3) is 0 Å². The summed E-state index contributed by atoms with van der Waals surface area (Å²) in [6.07, 6.45) is 0.782. The monoisotopic (exact) mass is 246 g/mol. The summed E-state index contributed by atoms with van der Waals surface area (Å²) in [5.74, 6) is 0.558. The summed E-state index contributed by atoms with van der Waals surface area (Å²) in [4.78, 5) is 23.6. The Bertz CT molecular complexity index is 561. The number of ketones is 1. The lowest BCUT2D eigenvalue weighted by Gasteiger charge is -2.29. The molecule has 0 unspecified atom stereocenters. The van der Waals surface area contributed by atoms with Gasteiger partial charge in [0.15, 0.2) is 0 Å². The van der Waals surface area contributed by atoms with Crippen LogP contribution in [0.2, 0.25) is 0 Å². The van der Waals surface area contributed by atoms with Gasteiger partial charge in [0.2, 0.25) is 0 Å². The molecule has 0 radical (unpaired) electrons. The first kappa shape index (κ1) is 11.3. The fourth-order valence-electron chi connectivity index (χ4n) is 3.04. The Morgan fingerprint density at radius 1 is 1.44 bits per heavy atom. The van der Waals surface area contributed by atoms with Gasteiger partial charge in [0, 0.05) is 23.8 Å².